The van der Waals surface area contributed by atoms with E-state index in [4.69, 9.17) is 0 Å². The van der Waals surface area contributed by atoms with E-state index < -0.39 is 0 Å². The molecule has 1 saturated carbocycles. The third kappa shape index (κ3) is 3.25. The predicted molar refractivity (Wildman–Crippen MR) is 115 cm³/mol. The number of hydrogen-bond donors (Lipinski definition) is 1. The van der Waals surface area contributed by atoms with E-state index in [2.05, 4.69) is 15.4 Å². The van der Waals surface area contributed by atoms with Crippen molar-refractivity contribution in [2.75, 3.05) is 6.26 Å². The summed E-state index contributed by atoms with van der Waals surface area (Å²) in [6, 6.07) is 15.7. The van der Waals surface area contributed by atoms with Crippen LogP contribution < -0.4 is 5.32 Å². The summed E-state index contributed by atoms with van der Waals surface area (Å²) in [7, 11) is 0. The van der Waals surface area contributed by atoms with Gasteiger partial charge in [-0.1, -0.05) is 6.07 Å². The van der Waals surface area contributed by atoms with Gasteiger partial charge in [-0.25, -0.2) is 14.1 Å². The molecule has 4 aromatic rings. The van der Waals surface area contributed by atoms with Crippen LogP contribution in [0.15, 0.2) is 72.0 Å². The molecule has 1 amide bonds. The van der Waals surface area contributed by atoms with E-state index >= 15 is 0 Å². The molecule has 2 aromatic carbocycles. The summed E-state index contributed by atoms with van der Waals surface area (Å²) in [4.78, 5) is 17.5. The van der Waals surface area contributed by atoms with Gasteiger partial charge in [0.2, 0.25) is 0 Å². The number of rotatable bonds is 5. The first-order chi connectivity index (χ1) is 14.6. The molecule has 0 saturated heterocycles. The van der Waals surface area contributed by atoms with E-state index in [1.165, 1.54) is 12.1 Å². The SMILES string of the molecule is CSc1cc(C2(NC(=O)c3cccc4c3cnn4-c3ccc(F)cc3)CC2)ccn1. The highest BCUT2D eigenvalue weighted by atomic mass is 32.2. The van der Waals surface area contributed by atoms with Gasteiger partial charge >= 0.3 is 0 Å². The number of aromatic nitrogens is 3. The zero-order valence-electron chi connectivity index (χ0n) is 16.3. The Hall–Kier alpha value is -3.19. The second-order valence-electron chi connectivity index (χ2n) is 7.39. The van der Waals surface area contributed by atoms with Crippen molar-refractivity contribution in [2.24, 2.45) is 0 Å². The fourth-order valence-corrected chi connectivity index (χ4v) is 4.16. The smallest absolute Gasteiger partial charge is 0.252 e. The van der Waals surface area contributed by atoms with Crippen LogP contribution >= 0.6 is 11.8 Å². The van der Waals surface area contributed by atoms with Crippen LogP contribution in [0.5, 0.6) is 0 Å². The van der Waals surface area contributed by atoms with Gasteiger partial charge in [-0.2, -0.15) is 5.10 Å². The second-order valence-corrected chi connectivity index (χ2v) is 8.22. The van der Waals surface area contributed by atoms with Crippen molar-refractivity contribution in [1.82, 2.24) is 20.1 Å². The van der Waals surface area contributed by atoms with Crippen LogP contribution in [0.1, 0.15) is 28.8 Å². The van der Waals surface area contributed by atoms with Crippen LogP contribution in [0.25, 0.3) is 16.6 Å². The number of nitrogens with zero attached hydrogens (tertiary/aromatic N) is 3. The largest absolute Gasteiger partial charge is 0.342 e. The fraction of sp³-hybridized carbons (Fsp3) is 0.174. The van der Waals surface area contributed by atoms with Crippen molar-refractivity contribution >= 4 is 28.6 Å². The number of benzene rings is 2. The Labute approximate surface area is 177 Å². The molecule has 30 heavy (non-hydrogen) atoms. The molecule has 1 aliphatic rings. The zero-order chi connectivity index (χ0) is 20.7. The maximum absolute atomic E-state index is 13.3. The third-order valence-electron chi connectivity index (χ3n) is 5.53. The predicted octanol–water partition coefficient (Wildman–Crippen LogP) is 4.70. The van der Waals surface area contributed by atoms with E-state index in [9.17, 15) is 9.18 Å². The Balaban J connectivity index is 1.48. The highest BCUT2D eigenvalue weighted by molar-refractivity contribution is 7.98. The molecule has 0 aliphatic heterocycles. The molecule has 0 unspecified atom stereocenters. The molecule has 2 heterocycles. The average molecular weight is 418 g/mol. The Morgan fingerprint density at radius 3 is 2.70 bits per heavy atom. The molecular weight excluding hydrogens is 399 g/mol. The number of halogens is 1. The lowest BCUT2D eigenvalue weighted by Crippen LogP contribution is -2.35. The summed E-state index contributed by atoms with van der Waals surface area (Å²) >= 11 is 1.59. The minimum absolute atomic E-state index is 0.126. The van der Waals surface area contributed by atoms with Crippen LogP contribution in [-0.4, -0.2) is 26.9 Å². The molecule has 5 rings (SSSR count). The first-order valence-corrected chi connectivity index (χ1v) is 10.9. The molecule has 1 N–H and O–H groups in total. The number of hydrogen-bond acceptors (Lipinski definition) is 4. The van der Waals surface area contributed by atoms with Crippen molar-refractivity contribution in [3.05, 3.63) is 83.9 Å². The summed E-state index contributed by atoms with van der Waals surface area (Å²) in [6.45, 7) is 0. The van der Waals surface area contributed by atoms with E-state index in [-0.39, 0.29) is 17.3 Å². The molecular formula is C23H19FN4OS. The molecule has 0 radical (unpaired) electrons. The van der Waals surface area contributed by atoms with Gasteiger partial charge in [-0.05, 0) is 73.2 Å². The molecule has 5 nitrogen and oxygen atoms in total. The van der Waals surface area contributed by atoms with Gasteiger partial charge in [0.05, 0.1) is 33.5 Å². The van der Waals surface area contributed by atoms with E-state index in [1.54, 1.807) is 41.0 Å². The van der Waals surface area contributed by atoms with E-state index in [0.29, 0.717) is 5.56 Å². The quantitative estimate of drug-likeness (QED) is 0.477. The zero-order valence-corrected chi connectivity index (χ0v) is 17.1. The van der Waals surface area contributed by atoms with Crippen LogP contribution in [0, 0.1) is 5.82 Å². The van der Waals surface area contributed by atoms with Crippen molar-refractivity contribution in [3.63, 3.8) is 0 Å². The lowest BCUT2D eigenvalue weighted by atomic mass is 10.0. The maximum atomic E-state index is 13.3. The minimum atomic E-state index is -0.334. The second kappa shape index (κ2) is 7.25. The van der Waals surface area contributed by atoms with Gasteiger partial charge in [-0.3, -0.25) is 4.79 Å². The van der Waals surface area contributed by atoms with Gasteiger partial charge in [0, 0.05) is 11.6 Å². The van der Waals surface area contributed by atoms with Gasteiger partial charge in [0.1, 0.15) is 5.82 Å². The van der Waals surface area contributed by atoms with Gasteiger partial charge < -0.3 is 5.32 Å². The Kier molecular flexibility index (Phi) is 4.55. The lowest BCUT2D eigenvalue weighted by molar-refractivity contribution is 0.0932. The van der Waals surface area contributed by atoms with Gasteiger partial charge in [0.25, 0.3) is 5.91 Å². The number of thioether (sulfide) groups is 1. The molecule has 2 aromatic heterocycles. The molecule has 7 heteroatoms. The molecule has 0 bridgehead atoms. The number of fused-ring (bicyclic) bond motifs is 1. The maximum Gasteiger partial charge on any atom is 0.252 e. The summed E-state index contributed by atoms with van der Waals surface area (Å²) in [5, 5.41) is 9.37. The summed E-state index contributed by atoms with van der Waals surface area (Å²) in [6.07, 6.45) is 7.28. The highest BCUT2D eigenvalue weighted by Gasteiger charge is 2.46. The molecule has 150 valence electrons. The number of amides is 1. The average Bonchev–Trinajstić information content (AvgIpc) is 3.43. The third-order valence-corrected chi connectivity index (χ3v) is 6.17. The minimum Gasteiger partial charge on any atom is -0.342 e. The summed E-state index contributed by atoms with van der Waals surface area (Å²) in [5.74, 6) is -0.426. The summed E-state index contributed by atoms with van der Waals surface area (Å²) < 4.78 is 15.0. The van der Waals surface area contributed by atoms with E-state index in [1.807, 2.05) is 36.6 Å². The van der Waals surface area contributed by atoms with Crippen LogP contribution in [0.2, 0.25) is 0 Å². The topological polar surface area (TPSA) is 59.8 Å². The fourth-order valence-electron chi connectivity index (χ4n) is 3.75. The van der Waals surface area contributed by atoms with Crippen molar-refractivity contribution in [2.45, 2.75) is 23.4 Å². The molecule has 1 fully saturated rings. The van der Waals surface area contributed by atoms with Crippen LogP contribution in [0.4, 0.5) is 4.39 Å². The monoisotopic (exact) mass is 418 g/mol. The molecule has 1 aliphatic carbocycles. The summed E-state index contributed by atoms with van der Waals surface area (Å²) in [5.41, 5.74) is 2.87. The van der Waals surface area contributed by atoms with E-state index in [0.717, 1.165) is 40.0 Å². The van der Waals surface area contributed by atoms with Crippen molar-refractivity contribution in [1.29, 1.82) is 0 Å². The Bertz CT molecular complexity index is 1250. The van der Waals surface area contributed by atoms with Crippen molar-refractivity contribution < 1.29 is 9.18 Å². The van der Waals surface area contributed by atoms with Gasteiger partial charge in [0.15, 0.2) is 0 Å². The molecule has 0 spiro atoms. The number of carbonyl (C=O) groups excluding carboxylic acids is 1. The standard InChI is InChI=1S/C23H19FN4OS/c1-30-21-13-15(9-12-25-21)23(10-11-23)27-22(29)18-3-2-4-20-19(18)14-26-28(20)17-7-5-16(24)6-8-17/h2-9,12-14H,10-11H2,1H3,(H,27,29). The number of carbonyl (C=O) groups is 1. The Morgan fingerprint density at radius 1 is 1.17 bits per heavy atom. The highest BCUT2D eigenvalue weighted by Crippen LogP contribution is 2.46. The van der Waals surface area contributed by atoms with Crippen LogP contribution in [-0.2, 0) is 5.54 Å². The van der Waals surface area contributed by atoms with Crippen molar-refractivity contribution in [3.8, 4) is 5.69 Å². The normalized spacial score (nSPS) is 14.6. The number of nitrogens with one attached hydrogen (secondary N) is 1. The molecule has 0 atom stereocenters. The lowest BCUT2D eigenvalue weighted by Gasteiger charge is -2.19. The first-order valence-electron chi connectivity index (χ1n) is 9.65. The Morgan fingerprint density at radius 2 is 1.97 bits per heavy atom. The number of pyridine rings is 1. The van der Waals surface area contributed by atoms with Crippen LogP contribution in [0.3, 0.4) is 0 Å². The first kappa shape index (κ1) is 18.8. The van der Waals surface area contributed by atoms with Gasteiger partial charge in [-0.15, -0.1) is 11.8 Å².